The summed E-state index contributed by atoms with van der Waals surface area (Å²) in [7, 11) is 0. The molecule has 0 fully saturated rings. The van der Waals surface area contributed by atoms with E-state index in [4.69, 9.17) is 11.6 Å². The van der Waals surface area contributed by atoms with Crippen LogP contribution in [-0.4, -0.2) is 24.3 Å². The fraction of sp³-hybridized carbons (Fsp3) is 0.273. The molecule has 1 rings (SSSR count). The summed E-state index contributed by atoms with van der Waals surface area (Å²) in [5, 5.41) is -0.0523. The highest BCUT2D eigenvalue weighted by atomic mass is 35.5. The highest BCUT2D eigenvalue weighted by Gasteiger charge is 2.50. The van der Waals surface area contributed by atoms with E-state index >= 15 is 0 Å². The van der Waals surface area contributed by atoms with Crippen LogP contribution in [0, 0.1) is 5.82 Å². The van der Waals surface area contributed by atoms with E-state index in [0.717, 1.165) is 12.1 Å². The molecule has 0 heterocycles. The van der Waals surface area contributed by atoms with Crippen LogP contribution < -0.4 is 0 Å². The number of ketones is 1. The second-order valence-corrected chi connectivity index (χ2v) is 3.68. The van der Waals surface area contributed by atoms with Gasteiger partial charge in [-0.05, 0) is 25.1 Å². The molecule has 0 radical (unpaired) electrons. The largest absolute Gasteiger partial charge is 0.461 e. The van der Waals surface area contributed by atoms with E-state index < -0.39 is 29.1 Å². The van der Waals surface area contributed by atoms with Gasteiger partial charge in [0.2, 0.25) is 5.78 Å². The number of hydrogen-bond donors (Lipinski definition) is 0. The first-order valence-electron chi connectivity index (χ1n) is 4.85. The Balaban J connectivity index is 3.09. The third-order valence-corrected chi connectivity index (χ3v) is 2.23. The highest BCUT2D eigenvalue weighted by Crippen LogP contribution is 2.25. The van der Waals surface area contributed by atoms with Crippen LogP contribution >= 0.6 is 11.6 Å². The third kappa shape index (κ3) is 2.81. The van der Waals surface area contributed by atoms with Crippen LogP contribution in [0.3, 0.4) is 0 Å². The van der Waals surface area contributed by atoms with Crippen molar-refractivity contribution in [2.24, 2.45) is 0 Å². The van der Waals surface area contributed by atoms with Crippen LogP contribution in [-0.2, 0) is 9.53 Å². The normalized spacial score (nSPS) is 11.2. The number of ether oxygens (including phenoxy) is 1. The van der Waals surface area contributed by atoms with Crippen molar-refractivity contribution in [3.05, 3.63) is 34.6 Å². The summed E-state index contributed by atoms with van der Waals surface area (Å²) in [5.41, 5.74) is -0.919. The van der Waals surface area contributed by atoms with Crippen LogP contribution in [0.4, 0.5) is 13.2 Å². The second kappa shape index (κ2) is 5.39. The molecule has 0 aliphatic heterocycles. The summed E-state index contributed by atoms with van der Waals surface area (Å²) in [4.78, 5) is 22.3. The van der Waals surface area contributed by atoms with Crippen LogP contribution in [0.15, 0.2) is 18.2 Å². The van der Waals surface area contributed by atoms with Gasteiger partial charge in [-0.3, -0.25) is 4.79 Å². The molecular formula is C11H8ClF3O3. The molecule has 0 N–H and O–H groups in total. The molecule has 3 nitrogen and oxygen atoms in total. The van der Waals surface area contributed by atoms with Gasteiger partial charge in [-0.15, -0.1) is 0 Å². The van der Waals surface area contributed by atoms with Crippen molar-refractivity contribution in [1.29, 1.82) is 0 Å². The Kier molecular flexibility index (Phi) is 4.34. The minimum absolute atomic E-state index is 0.0523. The number of benzene rings is 1. The van der Waals surface area contributed by atoms with Gasteiger partial charge in [0.05, 0.1) is 12.2 Å². The van der Waals surface area contributed by atoms with E-state index in [1.54, 1.807) is 0 Å². The third-order valence-electron chi connectivity index (χ3n) is 1.99. The molecular weight excluding hydrogens is 273 g/mol. The Morgan fingerprint density at radius 1 is 1.39 bits per heavy atom. The minimum atomic E-state index is -4.43. The lowest BCUT2D eigenvalue weighted by atomic mass is 10.1. The maximum atomic E-state index is 13.3. The molecule has 0 aromatic heterocycles. The first-order chi connectivity index (χ1) is 8.30. The molecule has 18 heavy (non-hydrogen) atoms. The van der Waals surface area contributed by atoms with Crippen LogP contribution in [0.1, 0.15) is 17.3 Å². The molecule has 0 saturated heterocycles. The molecule has 0 spiro atoms. The van der Waals surface area contributed by atoms with Crippen molar-refractivity contribution in [1.82, 2.24) is 0 Å². The zero-order valence-corrected chi connectivity index (χ0v) is 9.93. The number of hydrogen-bond acceptors (Lipinski definition) is 3. The summed E-state index contributed by atoms with van der Waals surface area (Å²) in [5.74, 6) is -9.62. The van der Waals surface area contributed by atoms with Gasteiger partial charge < -0.3 is 4.74 Å². The molecule has 1 aromatic rings. The van der Waals surface area contributed by atoms with Gasteiger partial charge in [-0.25, -0.2) is 9.18 Å². The molecule has 7 heteroatoms. The maximum absolute atomic E-state index is 13.3. The van der Waals surface area contributed by atoms with Crippen molar-refractivity contribution in [2.75, 3.05) is 6.61 Å². The zero-order valence-electron chi connectivity index (χ0n) is 9.18. The second-order valence-electron chi connectivity index (χ2n) is 3.25. The average Bonchev–Trinajstić information content (AvgIpc) is 2.28. The number of Topliss-reactive ketones (excluding diaryl/α,β-unsaturated/α-hetero) is 1. The van der Waals surface area contributed by atoms with Gasteiger partial charge in [-0.2, -0.15) is 8.78 Å². The Morgan fingerprint density at radius 2 is 2.00 bits per heavy atom. The number of rotatable bonds is 4. The van der Waals surface area contributed by atoms with E-state index in [9.17, 15) is 22.8 Å². The Hall–Kier alpha value is -1.56. The molecule has 98 valence electrons. The first-order valence-corrected chi connectivity index (χ1v) is 5.23. The predicted octanol–water partition coefficient (Wildman–Crippen LogP) is 2.86. The lowest BCUT2D eigenvalue weighted by molar-refractivity contribution is -0.164. The number of carbonyl (C=O) groups is 2. The number of esters is 1. The van der Waals surface area contributed by atoms with Gasteiger partial charge in [0.15, 0.2) is 0 Å². The van der Waals surface area contributed by atoms with Crippen molar-refractivity contribution in [3.8, 4) is 0 Å². The quantitative estimate of drug-likeness (QED) is 0.484. The van der Waals surface area contributed by atoms with Gasteiger partial charge in [0.1, 0.15) is 5.82 Å². The number of halogens is 4. The van der Waals surface area contributed by atoms with Crippen LogP contribution in [0.2, 0.25) is 5.02 Å². The SMILES string of the molecule is CCOC(=O)C(F)(F)C(=O)c1ccc(Cl)cc1F. The molecule has 0 atom stereocenters. The Bertz CT molecular complexity index is 488. The number of alkyl halides is 2. The van der Waals surface area contributed by atoms with E-state index in [1.807, 2.05) is 0 Å². The molecule has 0 saturated carbocycles. The molecule has 0 unspecified atom stereocenters. The van der Waals surface area contributed by atoms with Gasteiger partial charge in [0, 0.05) is 5.02 Å². The highest BCUT2D eigenvalue weighted by molar-refractivity contribution is 6.30. The zero-order chi connectivity index (χ0) is 13.9. The van der Waals surface area contributed by atoms with Crippen molar-refractivity contribution >= 4 is 23.4 Å². The topological polar surface area (TPSA) is 43.4 Å². The standard InChI is InChI=1S/C11H8ClF3O3/c1-2-18-10(17)11(14,15)9(16)7-4-3-6(12)5-8(7)13/h3-5H,2H2,1H3. The van der Waals surface area contributed by atoms with Crippen LogP contribution in [0.25, 0.3) is 0 Å². The van der Waals surface area contributed by atoms with E-state index in [-0.39, 0.29) is 11.6 Å². The molecule has 0 amide bonds. The summed E-state index contributed by atoms with van der Waals surface area (Å²) < 4.78 is 44.0. The predicted molar refractivity (Wildman–Crippen MR) is 57.3 cm³/mol. The molecule has 1 aromatic carbocycles. The van der Waals surface area contributed by atoms with Crippen molar-refractivity contribution in [2.45, 2.75) is 12.8 Å². The lowest BCUT2D eigenvalue weighted by Crippen LogP contribution is -2.39. The lowest BCUT2D eigenvalue weighted by Gasteiger charge is -2.13. The van der Waals surface area contributed by atoms with E-state index in [2.05, 4.69) is 4.74 Å². The fourth-order valence-electron chi connectivity index (χ4n) is 1.16. The Labute approximate surface area is 105 Å². The molecule has 0 bridgehead atoms. The summed E-state index contributed by atoms with van der Waals surface area (Å²) in [6.07, 6.45) is 0. The number of carbonyl (C=O) groups excluding carboxylic acids is 2. The molecule has 0 aliphatic rings. The van der Waals surface area contributed by atoms with Crippen molar-refractivity contribution in [3.63, 3.8) is 0 Å². The maximum Gasteiger partial charge on any atom is 0.404 e. The summed E-state index contributed by atoms with van der Waals surface area (Å²) >= 11 is 5.42. The van der Waals surface area contributed by atoms with Crippen molar-refractivity contribution < 1.29 is 27.5 Å². The Morgan fingerprint density at radius 3 is 2.50 bits per heavy atom. The monoisotopic (exact) mass is 280 g/mol. The van der Waals surface area contributed by atoms with E-state index in [1.165, 1.54) is 6.92 Å². The summed E-state index contributed by atoms with van der Waals surface area (Å²) in [6.45, 7) is 0.992. The average molecular weight is 281 g/mol. The van der Waals surface area contributed by atoms with E-state index in [0.29, 0.717) is 6.07 Å². The smallest absolute Gasteiger partial charge is 0.404 e. The van der Waals surface area contributed by atoms with Gasteiger partial charge >= 0.3 is 11.9 Å². The van der Waals surface area contributed by atoms with Gasteiger partial charge in [0.25, 0.3) is 0 Å². The fourth-order valence-corrected chi connectivity index (χ4v) is 1.32. The summed E-state index contributed by atoms with van der Waals surface area (Å²) in [6, 6.07) is 2.56. The first kappa shape index (κ1) is 14.5. The molecule has 0 aliphatic carbocycles. The van der Waals surface area contributed by atoms with Crippen LogP contribution in [0.5, 0.6) is 0 Å². The van der Waals surface area contributed by atoms with Gasteiger partial charge in [-0.1, -0.05) is 11.6 Å². The minimum Gasteiger partial charge on any atom is -0.461 e.